The Morgan fingerprint density at radius 3 is 2.39 bits per heavy atom. The van der Waals surface area contributed by atoms with E-state index in [9.17, 15) is 9.59 Å². The Bertz CT molecular complexity index is 847. The molecule has 7 heteroatoms. The number of rotatable bonds is 5. The normalized spacial score (nSPS) is 14.6. The number of carbonyl (C=O) groups is 2. The molecule has 0 bridgehead atoms. The van der Waals surface area contributed by atoms with Crippen molar-refractivity contribution in [3.05, 3.63) is 63.6 Å². The van der Waals surface area contributed by atoms with Crippen LogP contribution < -0.4 is 10.1 Å². The lowest BCUT2D eigenvalue weighted by molar-refractivity contribution is -0.131. The van der Waals surface area contributed by atoms with Crippen LogP contribution >= 0.6 is 23.2 Å². The highest BCUT2D eigenvalue weighted by atomic mass is 35.5. The van der Waals surface area contributed by atoms with Gasteiger partial charge in [-0.3, -0.25) is 9.59 Å². The maximum Gasteiger partial charge on any atom is 0.253 e. The van der Waals surface area contributed by atoms with Gasteiger partial charge in [-0.1, -0.05) is 35.3 Å². The fourth-order valence-electron chi connectivity index (χ4n) is 3.24. The molecule has 0 aromatic heterocycles. The molecule has 2 amide bonds. The summed E-state index contributed by atoms with van der Waals surface area (Å²) in [5.74, 6) is 0.647. The standard InChI is InChI=1S/C21H22Cl2N2O3/c1-28-17-5-2-14(3-6-17)12-20(26)25-10-8-16(9-11-25)24-21(27)18-7-4-15(22)13-19(18)23/h2-7,13,16H,8-12H2,1H3,(H,24,27). The lowest BCUT2D eigenvalue weighted by atomic mass is 10.0. The highest BCUT2D eigenvalue weighted by Crippen LogP contribution is 2.22. The van der Waals surface area contributed by atoms with Crippen LogP contribution in [0.1, 0.15) is 28.8 Å². The lowest BCUT2D eigenvalue weighted by Crippen LogP contribution is -2.47. The van der Waals surface area contributed by atoms with Gasteiger partial charge in [0.2, 0.25) is 5.91 Å². The number of carbonyl (C=O) groups excluding carboxylic acids is 2. The van der Waals surface area contributed by atoms with Crippen molar-refractivity contribution in [1.29, 1.82) is 0 Å². The van der Waals surface area contributed by atoms with Crippen LogP contribution in [0.5, 0.6) is 5.75 Å². The Morgan fingerprint density at radius 1 is 1.11 bits per heavy atom. The number of hydrogen-bond acceptors (Lipinski definition) is 3. The van der Waals surface area contributed by atoms with E-state index in [1.54, 1.807) is 25.3 Å². The number of amides is 2. The molecule has 28 heavy (non-hydrogen) atoms. The number of methoxy groups -OCH3 is 1. The van der Waals surface area contributed by atoms with E-state index in [1.165, 1.54) is 0 Å². The molecule has 1 aliphatic rings. The van der Waals surface area contributed by atoms with E-state index in [4.69, 9.17) is 27.9 Å². The van der Waals surface area contributed by atoms with E-state index >= 15 is 0 Å². The van der Waals surface area contributed by atoms with Crippen molar-refractivity contribution < 1.29 is 14.3 Å². The molecule has 1 fully saturated rings. The predicted molar refractivity (Wildman–Crippen MR) is 110 cm³/mol. The lowest BCUT2D eigenvalue weighted by Gasteiger charge is -2.32. The first-order valence-electron chi connectivity index (χ1n) is 9.13. The first-order chi connectivity index (χ1) is 13.5. The molecule has 0 aliphatic carbocycles. The van der Waals surface area contributed by atoms with E-state index in [2.05, 4.69) is 5.32 Å². The minimum Gasteiger partial charge on any atom is -0.497 e. The molecule has 0 unspecified atom stereocenters. The fraction of sp³-hybridized carbons (Fsp3) is 0.333. The van der Waals surface area contributed by atoms with Gasteiger partial charge in [-0.15, -0.1) is 0 Å². The smallest absolute Gasteiger partial charge is 0.253 e. The predicted octanol–water partition coefficient (Wildman–Crippen LogP) is 3.97. The van der Waals surface area contributed by atoms with E-state index in [0.29, 0.717) is 48.0 Å². The van der Waals surface area contributed by atoms with Gasteiger partial charge in [0.1, 0.15) is 5.75 Å². The largest absolute Gasteiger partial charge is 0.497 e. The van der Waals surface area contributed by atoms with E-state index in [-0.39, 0.29) is 17.9 Å². The van der Waals surface area contributed by atoms with Crippen molar-refractivity contribution in [3.63, 3.8) is 0 Å². The maximum absolute atomic E-state index is 12.5. The zero-order valence-electron chi connectivity index (χ0n) is 15.6. The minimum atomic E-state index is -0.218. The Balaban J connectivity index is 1.49. The van der Waals surface area contributed by atoms with Crippen molar-refractivity contribution >= 4 is 35.0 Å². The molecule has 148 valence electrons. The van der Waals surface area contributed by atoms with Gasteiger partial charge in [-0.2, -0.15) is 0 Å². The number of likely N-dealkylation sites (tertiary alicyclic amines) is 1. The molecule has 5 nitrogen and oxygen atoms in total. The number of nitrogens with zero attached hydrogens (tertiary/aromatic N) is 1. The number of benzene rings is 2. The monoisotopic (exact) mass is 420 g/mol. The Hall–Kier alpha value is -2.24. The summed E-state index contributed by atoms with van der Waals surface area (Å²) >= 11 is 12.0. The van der Waals surface area contributed by atoms with E-state index < -0.39 is 0 Å². The minimum absolute atomic E-state index is 0.0179. The van der Waals surface area contributed by atoms with Crippen LogP contribution in [-0.2, 0) is 11.2 Å². The van der Waals surface area contributed by atoms with Gasteiger partial charge in [0.25, 0.3) is 5.91 Å². The summed E-state index contributed by atoms with van der Waals surface area (Å²) < 4.78 is 5.13. The van der Waals surface area contributed by atoms with Crippen LogP contribution in [0.2, 0.25) is 10.0 Å². The molecule has 1 N–H and O–H groups in total. The molecule has 2 aromatic carbocycles. The van der Waals surface area contributed by atoms with Crippen molar-refractivity contribution in [2.45, 2.75) is 25.3 Å². The van der Waals surface area contributed by atoms with Crippen molar-refractivity contribution in [3.8, 4) is 5.75 Å². The highest BCUT2D eigenvalue weighted by Gasteiger charge is 2.24. The first kappa shape index (κ1) is 20.5. The quantitative estimate of drug-likeness (QED) is 0.795. The van der Waals surface area contributed by atoms with E-state index in [0.717, 1.165) is 11.3 Å². The Morgan fingerprint density at radius 2 is 1.79 bits per heavy atom. The SMILES string of the molecule is COc1ccc(CC(=O)N2CCC(NC(=O)c3ccc(Cl)cc3Cl)CC2)cc1. The highest BCUT2D eigenvalue weighted by molar-refractivity contribution is 6.36. The van der Waals surface area contributed by atoms with Gasteiger partial charge in [0.15, 0.2) is 0 Å². The average Bonchev–Trinajstić information content (AvgIpc) is 2.69. The third kappa shape index (κ3) is 5.18. The number of halogens is 2. The van der Waals surface area contributed by atoms with Gasteiger partial charge in [-0.05, 0) is 48.7 Å². The van der Waals surface area contributed by atoms with Crippen LogP contribution in [-0.4, -0.2) is 43.0 Å². The van der Waals surface area contributed by atoms with Crippen LogP contribution in [0.25, 0.3) is 0 Å². The van der Waals surface area contributed by atoms with Crippen molar-refractivity contribution in [1.82, 2.24) is 10.2 Å². The number of hydrogen-bond donors (Lipinski definition) is 1. The molecule has 0 saturated carbocycles. The van der Waals surface area contributed by atoms with Crippen molar-refractivity contribution in [2.24, 2.45) is 0 Å². The molecule has 1 saturated heterocycles. The van der Waals surface area contributed by atoms with Gasteiger partial charge in [-0.25, -0.2) is 0 Å². The van der Waals surface area contributed by atoms with Crippen LogP contribution in [0, 0.1) is 0 Å². The summed E-state index contributed by atoms with van der Waals surface area (Å²) in [5, 5.41) is 3.82. The number of nitrogens with one attached hydrogen (secondary N) is 1. The van der Waals surface area contributed by atoms with Crippen molar-refractivity contribution in [2.75, 3.05) is 20.2 Å². The molecule has 2 aromatic rings. The van der Waals surface area contributed by atoms with Crippen LogP contribution in [0.3, 0.4) is 0 Å². The Labute approximate surface area is 174 Å². The van der Waals surface area contributed by atoms with Gasteiger partial charge in [0, 0.05) is 24.2 Å². The second-order valence-corrected chi connectivity index (χ2v) is 7.62. The molecule has 1 aliphatic heterocycles. The van der Waals surface area contributed by atoms with Crippen LogP contribution in [0.15, 0.2) is 42.5 Å². The second-order valence-electron chi connectivity index (χ2n) is 6.78. The summed E-state index contributed by atoms with van der Waals surface area (Å²) in [6.45, 7) is 1.24. The molecule has 3 rings (SSSR count). The fourth-order valence-corrected chi connectivity index (χ4v) is 3.73. The summed E-state index contributed by atoms with van der Waals surface area (Å²) in [6.07, 6.45) is 1.79. The summed E-state index contributed by atoms with van der Waals surface area (Å²) in [7, 11) is 1.62. The number of piperidine rings is 1. The number of ether oxygens (including phenoxy) is 1. The summed E-state index contributed by atoms with van der Waals surface area (Å²) in [5.41, 5.74) is 1.36. The molecule has 0 radical (unpaired) electrons. The molecular weight excluding hydrogens is 399 g/mol. The zero-order chi connectivity index (χ0) is 20.1. The van der Waals surface area contributed by atoms with Gasteiger partial charge < -0.3 is 15.0 Å². The molecular formula is C21H22Cl2N2O3. The van der Waals surface area contributed by atoms with Crippen LogP contribution in [0.4, 0.5) is 0 Å². The average molecular weight is 421 g/mol. The van der Waals surface area contributed by atoms with E-state index in [1.807, 2.05) is 29.2 Å². The first-order valence-corrected chi connectivity index (χ1v) is 9.88. The zero-order valence-corrected chi connectivity index (χ0v) is 17.1. The second kappa shape index (κ2) is 9.30. The van der Waals surface area contributed by atoms with Gasteiger partial charge >= 0.3 is 0 Å². The maximum atomic E-state index is 12.5. The molecule has 0 spiro atoms. The molecule has 1 heterocycles. The van der Waals surface area contributed by atoms with Gasteiger partial charge in [0.05, 0.1) is 24.1 Å². The summed E-state index contributed by atoms with van der Waals surface area (Å²) in [6, 6.07) is 12.3. The third-order valence-electron chi connectivity index (χ3n) is 4.87. The topological polar surface area (TPSA) is 58.6 Å². The molecule has 0 atom stereocenters. The summed E-state index contributed by atoms with van der Waals surface area (Å²) in [4.78, 5) is 26.8. The Kier molecular flexibility index (Phi) is 6.81. The third-order valence-corrected chi connectivity index (χ3v) is 5.42.